The summed E-state index contributed by atoms with van der Waals surface area (Å²) in [6.07, 6.45) is 1.67. The maximum absolute atomic E-state index is 5.69. The molecule has 1 fully saturated rings. The standard InChI is InChI=1S/C11H13N3O.C8H11NO2/c1-2-4-10-9(3-1)13-11(15-10)14-7-5-12-6-8-14;1-10-6-7-3-4-8(11-2)5-9-7/h1-4,12H,5-8H2;3-5H,6H2,1-2H3. The average molecular weight is 356 g/mol. The van der Waals surface area contributed by atoms with E-state index in [4.69, 9.17) is 13.9 Å². The number of nitrogens with zero attached hydrogens (tertiary/aromatic N) is 3. The van der Waals surface area contributed by atoms with Crippen molar-refractivity contribution in [1.82, 2.24) is 15.3 Å². The molecular formula is C19H24N4O3. The van der Waals surface area contributed by atoms with Gasteiger partial charge in [-0.3, -0.25) is 4.98 Å². The maximum Gasteiger partial charge on any atom is 0.298 e. The number of aromatic nitrogens is 2. The minimum Gasteiger partial charge on any atom is -0.495 e. The van der Waals surface area contributed by atoms with Crippen molar-refractivity contribution in [2.24, 2.45) is 0 Å². The van der Waals surface area contributed by atoms with Gasteiger partial charge in [-0.1, -0.05) is 12.1 Å². The molecule has 3 aromatic rings. The van der Waals surface area contributed by atoms with Crippen LogP contribution < -0.4 is 15.0 Å². The molecule has 1 saturated heterocycles. The van der Waals surface area contributed by atoms with Crippen molar-refractivity contribution in [3.05, 3.63) is 48.3 Å². The second-order valence-corrected chi connectivity index (χ2v) is 5.82. The molecule has 7 nitrogen and oxygen atoms in total. The minimum absolute atomic E-state index is 0.546. The molecule has 1 aliphatic rings. The van der Waals surface area contributed by atoms with Crippen molar-refractivity contribution in [2.75, 3.05) is 45.3 Å². The number of rotatable bonds is 4. The second-order valence-electron chi connectivity index (χ2n) is 5.82. The van der Waals surface area contributed by atoms with E-state index < -0.39 is 0 Å². The maximum atomic E-state index is 5.69. The lowest BCUT2D eigenvalue weighted by molar-refractivity contribution is 0.181. The molecule has 7 heteroatoms. The van der Waals surface area contributed by atoms with Gasteiger partial charge >= 0.3 is 0 Å². The number of piperazine rings is 1. The molecule has 0 spiro atoms. The number of anilines is 1. The van der Waals surface area contributed by atoms with Crippen LogP contribution in [0.5, 0.6) is 5.75 Å². The zero-order valence-electron chi connectivity index (χ0n) is 15.1. The summed E-state index contributed by atoms with van der Waals surface area (Å²) >= 11 is 0. The Balaban J connectivity index is 0.000000160. The number of oxazole rings is 1. The molecule has 0 radical (unpaired) electrons. The van der Waals surface area contributed by atoms with Gasteiger partial charge in [0.05, 0.1) is 25.6 Å². The molecule has 0 aliphatic carbocycles. The Kier molecular flexibility index (Phi) is 6.40. The van der Waals surface area contributed by atoms with Crippen LogP contribution in [0.15, 0.2) is 47.0 Å². The van der Waals surface area contributed by atoms with Crippen LogP contribution in [0.25, 0.3) is 11.1 Å². The first-order chi connectivity index (χ1) is 12.8. The van der Waals surface area contributed by atoms with Gasteiger partial charge in [-0.15, -0.1) is 0 Å². The largest absolute Gasteiger partial charge is 0.495 e. The third-order valence-corrected chi connectivity index (χ3v) is 4.00. The van der Waals surface area contributed by atoms with Crippen molar-refractivity contribution in [1.29, 1.82) is 0 Å². The van der Waals surface area contributed by atoms with E-state index >= 15 is 0 Å². The van der Waals surface area contributed by atoms with Gasteiger partial charge in [-0.25, -0.2) is 0 Å². The Labute approximate surface area is 152 Å². The number of ether oxygens (including phenoxy) is 2. The summed E-state index contributed by atoms with van der Waals surface area (Å²) in [5, 5.41) is 3.31. The average Bonchev–Trinajstić information content (AvgIpc) is 3.14. The summed E-state index contributed by atoms with van der Waals surface area (Å²) in [7, 11) is 3.26. The Morgan fingerprint density at radius 3 is 2.58 bits per heavy atom. The zero-order valence-corrected chi connectivity index (χ0v) is 15.1. The van der Waals surface area contributed by atoms with E-state index in [0.717, 1.165) is 54.7 Å². The molecule has 0 unspecified atom stereocenters. The van der Waals surface area contributed by atoms with E-state index in [1.54, 1.807) is 20.4 Å². The van der Waals surface area contributed by atoms with Crippen LogP contribution in [0.2, 0.25) is 0 Å². The molecule has 4 rings (SSSR count). The fourth-order valence-electron chi connectivity index (χ4n) is 2.62. The summed E-state index contributed by atoms with van der Waals surface area (Å²) in [4.78, 5) is 10.7. The molecule has 0 saturated carbocycles. The molecule has 0 atom stereocenters. The highest BCUT2D eigenvalue weighted by Gasteiger charge is 2.15. The number of nitrogens with one attached hydrogen (secondary N) is 1. The molecule has 2 aromatic heterocycles. The van der Waals surface area contributed by atoms with Crippen LogP contribution in [0.3, 0.4) is 0 Å². The molecule has 0 bridgehead atoms. The van der Waals surface area contributed by atoms with Gasteiger partial charge in [0.25, 0.3) is 6.01 Å². The van der Waals surface area contributed by atoms with Crippen LogP contribution >= 0.6 is 0 Å². The number of hydrogen-bond donors (Lipinski definition) is 1. The Bertz CT molecular complexity index is 765. The van der Waals surface area contributed by atoms with Crippen LogP contribution in [0, 0.1) is 0 Å². The van der Waals surface area contributed by atoms with E-state index in [0.29, 0.717) is 6.61 Å². The second kappa shape index (κ2) is 9.17. The van der Waals surface area contributed by atoms with Gasteiger partial charge in [0.15, 0.2) is 5.58 Å². The van der Waals surface area contributed by atoms with Crippen molar-refractivity contribution in [2.45, 2.75) is 6.61 Å². The highest BCUT2D eigenvalue weighted by molar-refractivity contribution is 5.74. The molecule has 1 aliphatic heterocycles. The predicted molar refractivity (Wildman–Crippen MR) is 101 cm³/mol. The van der Waals surface area contributed by atoms with Gasteiger partial charge in [0, 0.05) is 33.3 Å². The highest BCUT2D eigenvalue weighted by atomic mass is 16.5. The van der Waals surface area contributed by atoms with E-state index in [-0.39, 0.29) is 0 Å². The van der Waals surface area contributed by atoms with E-state index in [1.807, 2.05) is 36.4 Å². The van der Waals surface area contributed by atoms with Crippen molar-refractivity contribution in [3.63, 3.8) is 0 Å². The Morgan fingerprint density at radius 1 is 1.12 bits per heavy atom. The van der Waals surface area contributed by atoms with Crippen LogP contribution in [-0.2, 0) is 11.3 Å². The third-order valence-electron chi connectivity index (χ3n) is 4.00. The molecule has 3 heterocycles. The lowest BCUT2D eigenvalue weighted by atomic mass is 10.3. The predicted octanol–water partition coefficient (Wildman–Crippen LogP) is 2.47. The number of hydrogen-bond acceptors (Lipinski definition) is 7. The molecule has 1 N–H and O–H groups in total. The van der Waals surface area contributed by atoms with Crippen LogP contribution in [0.4, 0.5) is 6.01 Å². The SMILES string of the molecule is COCc1ccc(OC)cn1.c1ccc2oc(N3CCNCC3)nc2c1. The normalized spacial score (nSPS) is 14.0. The van der Waals surface area contributed by atoms with Crippen molar-refractivity contribution < 1.29 is 13.9 Å². The molecule has 26 heavy (non-hydrogen) atoms. The number of para-hydroxylation sites is 2. The summed E-state index contributed by atoms with van der Waals surface area (Å²) in [5.74, 6) is 0.768. The van der Waals surface area contributed by atoms with Crippen LogP contribution in [0.1, 0.15) is 5.69 Å². The van der Waals surface area contributed by atoms with E-state index in [1.165, 1.54) is 0 Å². The number of pyridine rings is 1. The zero-order chi connectivity index (χ0) is 18.2. The van der Waals surface area contributed by atoms with Gasteiger partial charge < -0.3 is 24.1 Å². The van der Waals surface area contributed by atoms with E-state index in [9.17, 15) is 0 Å². The number of methoxy groups -OCH3 is 2. The monoisotopic (exact) mass is 356 g/mol. The fourth-order valence-corrected chi connectivity index (χ4v) is 2.62. The Morgan fingerprint density at radius 2 is 1.92 bits per heavy atom. The topological polar surface area (TPSA) is 72.7 Å². The number of fused-ring (bicyclic) bond motifs is 1. The minimum atomic E-state index is 0.546. The van der Waals surface area contributed by atoms with Gasteiger partial charge in [0.2, 0.25) is 0 Å². The first kappa shape index (κ1) is 18.2. The van der Waals surface area contributed by atoms with Gasteiger partial charge in [0.1, 0.15) is 11.3 Å². The first-order valence-corrected chi connectivity index (χ1v) is 8.59. The van der Waals surface area contributed by atoms with Crippen molar-refractivity contribution in [3.8, 4) is 5.75 Å². The Hall–Kier alpha value is -2.64. The molecular weight excluding hydrogens is 332 g/mol. The summed E-state index contributed by atoms with van der Waals surface area (Å²) in [5.41, 5.74) is 2.71. The molecule has 138 valence electrons. The first-order valence-electron chi connectivity index (χ1n) is 8.59. The smallest absolute Gasteiger partial charge is 0.298 e. The lowest BCUT2D eigenvalue weighted by Crippen LogP contribution is -2.43. The van der Waals surface area contributed by atoms with E-state index in [2.05, 4.69) is 20.2 Å². The lowest BCUT2D eigenvalue weighted by Gasteiger charge is -2.25. The molecule has 1 aromatic carbocycles. The summed E-state index contributed by atoms with van der Waals surface area (Å²) < 4.78 is 15.5. The van der Waals surface area contributed by atoms with Crippen molar-refractivity contribution >= 4 is 17.1 Å². The van der Waals surface area contributed by atoms with Crippen LogP contribution in [-0.4, -0.2) is 50.4 Å². The summed E-state index contributed by atoms with van der Waals surface area (Å²) in [6.45, 7) is 4.47. The fraction of sp³-hybridized carbons (Fsp3) is 0.368. The third kappa shape index (κ3) is 4.71. The number of benzene rings is 1. The van der Waals surface area contributed by atoms with Gasteiger partial charge in [-0.05, 0) is 24.3 Å². The summed E-state index contributed by atoms with van der Waals surface area (Å²) in [6, 6.07) is 12.4. The molecule has 0 amide bonds. The highest BCUT2D eigenvalue weighted by Crippen LogP contribution is 2.21. The van der Waals surface area contributed by atoms with Gasteiger partial charge in [-0.2, -0.15) is 4.98 Å². The quantitative estimate of drug-likeness (QED) is 0.770.